The van der Waals surface area contributed by atoms with E-state index in [2.05, 4.69) is 65.0 Å². The largest absolute Gasteiger partial charge is 0.309 e. The van der Waals surface area contributed by atoms with Gasteiger partial charge in [-0.05, 0) is 26.4 Å². The number of hydrogen-bond acceptors (Lipinski definition) is 4. The van der Waals surface area contributed by atoms with Crippen LogP contribution in [0.5, 0.6) is 0 Å². The van der Waals surface area contributed by atoms with Gasteiger partial charge in [0.25, 0.3) is 0 Å². The quantitative estimate of drug-likeness (QED) is 0.837. The number of nitrogens with one attached hydrogen (secondary N) is 1. The van der Waals surface area contributed by atoms with Gasteiger partial charge < -0.3 is 5.32 Å². The van der Waals surface area contributed by atoms with Crippen molar-refractivity contribution in [3.63, 3.8) is 0 Å². The summed E-state index contributed by atoms with van der Waals surface area (Å²) in [6, 6.07) is 0.970. The first-order valence-electron chi connectivity index (χ1n) is 7.80. The summed E-state index contributed by atoms with van der Waals surface area (Å²) < 4.78 is 2.08. The summed E-state index contributed by atoms with van der Waals surface area (Å²) >= 11 is 2.07. The van der Waals surface area contributed by atoms with E-state index >= 15 is 0 Å². The zero-order chi connectivity index (χ0) is 14.4. The Hall–Kier alpha value is -0.520. The van der Waals surface area contributed by atoms with Crippen LogP contribution >= 0.6 is 11.8 Å². The van der Waals surface area contributed by atoms with Crippen LogP contribution in [0.1, 0.15) is 38.3 Å². The van der Waals surface area contributed by atoms with E-state index in [0.717, 1.165) is 19.5 Å². The third-order valence-corrected chi connectivity index (χ3v) is 4.96. The molecule has 0 spiro atoms. The number of aryl methyl sites for hydroxylation is 1. The van der Waals surface area contributed by atoms with Crippen molar-refractivity contribution in [3.8, 4) is 0 Å². The van der Waals surface area contributed by atoms with Crippen molar-refractivity contribution >= 4 is 11.8 Å². The van der Waals surface area contributed by atoms with Gasteiger partial charge in [-0.15, -0.1) is 0 Å². The van der Waals surface area contributed by atoms with E-state index in [1.54, 1.807) is 0 Å². The Kier molecular flexibility index (Phi) is 6.39. The summed E-state index contributed by atoms with van der Waals surface area (Å²) in [6.45, 7) is 7.68. The van der Waals surface area contributed by atoms with Crippen LogP contribution in [0, 0.1) is 0 Å². The summed E-state index contributed by atoms with van der Waals surface area (Å²) in [5.74, 6) is 2.46. The van der Waals surface area contributed by atoms with Crippen molar-refractivity contribution < 1.29 is 0 Å². The topological polar surface area (TPSA) is 33.1 Å². The lowest BCUT2D eigenvalue weighted by molar-refractivity contribution is 0.215. The molecule has 1 aromatic heterocycles. The zero-order valence-corrected chi connectivity index (χ0v) is 13.8. The van der Waals surface area contributed by atoms with Crippen LogP contribution in [-0.2, 0) is 6.54 Å². The monoisotopic (exact) mass is 296 g/mol. The molecule has 1 N–H and O–H groups in total. The molecular formula is C15H28N4S. The highest BCUT2D eigenvalue weighted by molar-refractivity contribution is 7.99. The molecule has 4 nitrogen and oxygen atoms in total. The SMILES string of the molecule is CCCNC(c1cnn(CCC)c1)C1CSCCN1C. The minimum atomic E-state index is 0.401. The van der Waals surface area contributed by atoms with E-state index in [1.807, 2.05) is 0 Å². The third kappa shape index (κ3) is 3.99. The summed E-state index contributed by atoms with van der Waals surface area (Å²) in [4.78, 5) is 2.50. The molecule has 20 heavy (non-hydrogen) atoms. The molecule has 0 aliphatic carbocycles. The molecule has 114 valence electrons. The maximum absolute atomic E-state index is 4.51. The Balaban J connectivity index is 2.12. The second kappa shape index (κ2) is 8.05. The van der Waals surface area contributed by atoms with E-state index < -0.39 is 0 Å². The van der Waals surface area contributed by atoms with Gasteiger partial charge in [0.05, 0.1) is 12.2 Å². The molecule has 0 amide bonds. The Morgan fingerprint density at radius 1 is 1.45 bits per heavy atom. The fraction of sp³-hybridized carbons (Fsp3) is 0.800. The van der Waals surface area contributed by atoms with Gasteiger partial charge in [0.2, 0.25) is 0 Å². The lowest BCUT2D eigenvalue weighted by Gasteiger charge is -2.38. The molecule has 0 saturated carbocycles. The minimum absolute atomic E-state index is 0.401. The predicted octanol–water partition coefficient (Wildman–Crippen LogP) is 2.38. The first-order valence-corrected chi connectivity index (χ1v) is 8.95. The van der Waals surface area contributed by atoms with Crippen molar-refractivity contribution in [2.24, 2.45) is 0 Å². The average molecular weight is 296 g/mol. The molecule has 1 aliphatic heterocycles. The molecule has 1 fully saturated rings. The lowest BCUT2D eigenvalue weighted by Crippen LogP contribution is -2.47. The van der Waals surface area contributed by atoms with E-state index in [1.165, 1.54) is 30.0 Å². The highest BCUT2D eigenvalue weighted by Crippen LogP contribution is 2.26. The van der Waals surface area contributed by atoms with Gasteiger partial charge in [0, 0.05) is 42.4 Å². The number of hydrogen-bond donors (Lipinski definition) is 1. The second-order valence-electron chi connectivity index (χ2n) is 5.59. The summed E-state index contributed by atoms with van der Waals surface area (Å²) in [7, 11) is 2.25. The van der Waals surface area contributed by atoms with Crippen molar-refractivity contribution in [2.45, 2.75) is 45.3 Å². The number of likely N-dealkylation sites (N-methyl/N-ethyl adjacent to an activating group) is 1. The molecular weight excluding hydrogens is 268 g/mol. The number of nitrogens with zero attached hydrogens (tertiary/aromatic N) is 3. The molecule has 1 aliphatic rings. The van der Waals surface area contributed by atoms with Gasteiger partial charge in [-0.1, -0.05) is 13.8 Å². The molecule has 0 bridgehead atoms. The molecule has 1 saturated heterocycles. The molecule has 2 atom stereocenters. The number of rotatable bonds is 7. The van der Waals surface area contributed by atoms with Crippen LogP contribution in [0.15, 0.2) is 12.4 Å². The summed E-state index contributed by atoms with van der Waals surface area (Å²) in [6.07, 6.45) is 6.58. The zero-order valence-electron chi connectivity index (χ0n) is 13.0. The lowest BCUT2D eigenvalue weighted by atomic mass is 10.0. The van der Waals surface area contributed by atoms with Crippen molar-refractivity contribution in [1.82, 2.24) is 20.0 Å². The number of thioether (sulfide) groups is 1. The van der Waals surface area contributed by atoms with Crippen LogP contribution in [0.3, 0.4) is 0 Å². The average Bonchev–Trinajstić information content (AvgIpc) is 2.90. The highest BCUT2D eigenvalue weighted by Gasteiger charge is 2.29. The van der Waals surface area contributed by atoms with E-state index in [4.69, 9.17) is 0 Å². The Morgan fingerprint density at radius 3 is 3.00 bits per heavy atom. The number of aromatic nitrogens is 2. The maximum Gasteiger partial charge on any atom is 0.0538 e. The first-order chi connectivity index (χ1) is 9.76. The fourth-order valence-electron chi connectivity index (χ4n) is 2.72. The maximum atomic E-state index is 4.51. The molecule has 1 aromatic rings. The predicted molar refractivity (Wildman–Crippen MR) is 87.3 cm³/mol. The first kappa shape index (κ1) is 15.9. The van der Waals surface area contributed by atoms with E-state index in [-0.39, 0.29) is 0 Å². The van der Waals surface area contributed by atoms with Crippen LogP contribution < -0.4 is 5.32 Å². The van der Waals surface area contributed by atoms with Crippen LogP contribution in [0.4, 0.5) is 0 Å². The molecule has 5 heteroatoms. The van der Waals surface area contributed by atoms with Crippen molar-refractivity contribution in [2.75, 3.05) is 31.6 Å². The Labute approximate surface area is 127 Å². The van der Waals surface area contributed by atoms with E-state index in [9.17, 15) is 0 Å². The van der Waals surface area contributed by atoms with Crippen molar-refractivity contribution in [3.05, 3.63) is 18.0 Å². The standard InChI is InChI=1S/C15H28N4S/c1-4-6-16-15(14-12-20-9-8-18(14)3)13-10-17-19(11-13)7-5-2/h10-11,14-16H,4-9,12H2,1-3H3. The summed E-state index contributed by atoms with van der Waals surface area (Å²) in [5, 5.41) is 8.24. The van der Waals surface area contributed by atoms with Gasteiger partial charge in [-0.25, -0.2) is 0 Å². The molecule has 2 heterocycles. The van der Waals surface area contributed by atoms with E-state index in [0.29, 0.717) is 12.1 Å². The molecule has 2 rings (SSSR count). The Bertz CT molecular complexity index is 393. The smallest absolute Gasteiger partial charge is 0.0538 e. The highest BCUT2D eigenvalue weighted by atomic mass is 32.2. The Morgan fingerprint density at radius 2 is 2.30 bits per heavy atom. The third-order valence-electron chi connectivity index (χ3n) is 3.91. The van der Waals surface area contributed by atoms with Crippen LogP contribution in [0.25, 0.3) is 0 Å². The molecule has 0 radical (unpaired) electrons. The van der Waals surface area contributed by atoms with Gasteiger partial charge >= 0.3 is 0 Å². The second-order valence-corrected chi connectivity index (χ2v) is 6.74. The molecule has 2 unspecified atom stereocenters. The van der Waals surface area contributed by atoms with Gasteiger partial charge in [-0.2, -0.15) is 16.9 Å². The van der Waals surface area contributed by atoms with Crippen molar-refractivity contribution in [1.29, 1.82) is 0 Å². The van der Waals surface area contributed by atoms with Crippen LogP contribution in [-0.4, -0.2) is 52.4 Å². The summed E-state index contributed by atoms with van der Waals surface area (Å²) in [5.41, 5.74) is 1.34. The fourth-order valence-corrected chi connectivity index (χ4v) is 4.00. The van der Waals surface area contributed by atoms with Gasteiger partial charge in [0.15, 0.2) is 0 Å². The van der Waals surface area contributed by atoms with Crippen LogP contribution in [0.2, 0.25) is 0 Å². The molecule has 0 aromatic carbocycles. The minimum Gasteiger partial charge on any atom is -0.309 e. The normalized spacial score (nSPS) is 22.1. The van der Waals surface area contributed by atoms with Gasteiger partial charge in [-0.3, -0.25) is 9.58 Å². The van der Waals surface area contributed by atoms with Gasteiger partial charge in [0.1, 0.15) is 0 Å².